The summed E-state index contributed by atoms with van der Waals surface area (Å²) in [5.74, 6) is -0.272. The van der Waals surface area contributed by atoms with Crippen LogP contribution in [0.4, 0.5) is 0 Å². The molecule has 1 aromatic rings. The first-order chi connectivity index (χ1) is 6.84. The van der Waals surface area contributed by atoms with Gasteiger partial charge < -0.3 is 4.74 Å². The SMILES string of the molecule is CCC=CCOC(=O)c1ccccc1. The summed E-state index contributed by atoms with van der Waals surface area (Å²) in [5, 5.41) is 0. The fraction of sp³-hybridized carbons (Fsp3) is 0.250. The first kappa shape index (κ1) is 10.5. The highest BCUT2D eigenvalue weighted by Crippen LogP contribution is 2.00. The molecule has 0 heterocycles. The summed E-state index contributed by atoms with van der Waals surface area (Å²) in [6.45, 7) is 2.39. The molecular formula is C12H14O2. The Balaban J connectivity index is 2.40. The lowest BCUT2D eigenvalue weighted by molar-refractivity contribution is 0.0549. The minimum Gasteiger partial charge on any atom is -0.458 e. The van der Waals surface area contributed by atoms with Gasteiger partial charge >= 0.3 is 5.97 Å². The van der Waals surface area contributed by atoms with Crippen LogP contribution in [0.5, 0.6) is 0 Å². The number of ether oxygens (including phenoxy) is 1. The Kier molecular flexibility index (Phi) is 4.48. The van der Waals surface area contributed by atoms with Crippen molar-refractivity contribution in [3.8, 4) is 0 Å². The Morgan fingerprint density at radius 3 is 2.64 bits per heavy atom. The fourth-order valence-corrected chi connectivity index (χ4v) is 1.02. The van der Waals surface area contributed by atoms with Crippen LogP contribution in [0, 0.1) is 0 Å². The van der Waals surface area contributed by atoms with Gasteiger partial charge in [-0.3, -0.25) is 0 Å². The zero-order chi connectivity index (χ0) is 10.2. The monoisotopic (exact) mass is 190 g/mol. The van der Waals surface area contributed by atoms with E-state index in [2.05, 4.69) is 0 Å². The van der Waals surface area contributed by atoms with E-state index >= 15 is 0 Å². The topological polar surface area (TPSA) is 26.3 Å². The molecule has 0 unspecified atom stereocenters. The third-order valence-electron chi connectivity index (χ3n) is 1.72. The van der Waals surface area contributed by atoms with Gasteiger partial charge in [-0.15, -0.1) is 0 Å². The van der Waals surface area contributed by atoms with Crippen molar-refractivity contribution in [3.05, 3.63) is 48.0 Å². The molecule has 1 aromatic carbocycles. The highest BCUT2D eigenvalue weighted by Gasteiger charge is 2.03. The molecule has 0 fully saturated rings. The Bertz CT molecular complexity index is 301. The van der Waals surface area contributed by atoms with Gasteiger partial charge in [0, 0.05) is 0 Å². The molecular weight excluding hydrogens is 176 g/mol. The van der Waals surface area contributed by atoms with Gasteiger partial charge in [-0.2, -0.15) is 0 Å². The fourth-order valence-electron chi connectivity index (χ4n) is 1.02. The van der Waals surface area contributed by atoms with Gasteiger partial charge in [0.2, 0.25) is 0 Å². The molecule has 0 aliphatic carbocycles. The van der Waals surface area contributed by atoms with Crippen molar-refractivity contribution in [2.75, 3.05) is 6.61 Å². The van der Waals surface area contributed by atoms with Crippen LogP contribution in [0.1, 0.15) is 23.7 Å². The number of esters is 1. The zero-order valence-corrected chi connectivity index (χ0v) is 8.27. The first-order valence-electron chi connectivity index (χ1n) is 4.71. The van der Waals surface area contributed by atoms with E-state index in [1.165, 1.54) is 0 Å². The van der Waals surface area contributed by atoms with Gasteiger partial charge in [-0.25, -0.2) is 4.79 Å². The van der Waals surface area contributed by atoms with Crippen molar-refractivity contribution in [2.45, 2.75) is 13.3 Å². The molecule has 0 aromatic heterocycles. The molecule has 0 aliphatic rings. The van der Waals surface area contributed by atoms with Gasteiger partial charge in [0.1, 0.15) is 6.61 Å². The number of hydrogen-bond donors (Lipinski definition) is 0. The standard InChI is InChI=1S/C12H14O2/c1-2-3-7-10-14-12(13)11-8-5-4-6-9-11/h3-9H,2,10H2,1H3. The molecule has 0 saturated carbocycles. The smallest absolute Gasteiger partial charge is 0.338 e. The average molecular weight is 190 g/mol. The number of carbonyl (C=O) groups is 1. The Morgan fingerprint density at radius 2 is 2.00 bits per heavy atom. The third-order valence-corrected chi connectivity index (χ3v) is 1.72. The van der Waals surface area contributed by atoms with E-state index < -0.39 is 0 Å². The largest absolute Gasteiger partial charge is 0.458 e. The summed E-state index contributed by atoms with van der Waals surface area (Å²) >= 11 is 0. The van der Waals surface area contributed by atoms with Crippen LogP contribution in [-0.4, -0.2) is 12.6 Å². The molecule has 74 valence electrons. The van der Waals surface area contributed by atoms with Crippen LogP contribution in [0.15, 0.2) is 42.5 Å². The second-order valence-corrected chi connectivity index (χ2v) is 2.84. The maximum atomic E-state index is 11.4. The van der Waals surface area contributed by atoms with Gasteiger partial charge in [0.25, 0.3) is 0 Å². The van der Waals surface area contributed by atoms with Gasteiger partial charge in [0.15, 0.2) is 0 Å². The van der Waals surface area contributed by atoms with E-state index in [1.54, 1.807) is 12.1 Å². The van der Waals surface area contributed by atoms with Crippen molar-refractivity contribution in [1.29, 1.82) is 0 Å². The molecule has 0 radical (unpaired) electrons. The number of benzene rings is 1. The maximum Gasteiger partial charge on any atom is 0.338 e. The molecule has 0 N–H and O–H groups in total. The quantitative estimate of drug-likeness (QED) is 0.539. The Morgan fingerprint density at radius 1 is 1.29 bits per heavy atom. The molecule has 0 aliphatic heterocycles. The van der Waals surface area contributed by atoms with Crippen molar-refractivity contribution < 1.29 is 9.53 Å². The summed E-state index contributed by atoms with van der Waals surface area (Å²) in [6, 6.07) is 8.99. The van der Waals surface area contributed by atoms with Gasteiger partial charge in [-0.05, 0) is 18.6 Å². The first-order valence-corrected chi connectivity index (χ1v) is 4.71. The van der Waals surface area contributed by atoms with Crippen LogP contribution in [0.2, 0.25) is 0 Å². The molecule has 2 heteroatoms. The van der Waals surface area contributed by atoms with E-state index in [9.17, 15) is 4.79 Å². The zero-order valence-electron chi connectivity index (χ0n) is 8.27. The number of hydrogen-bond acceptors (Lipinski definition) is 2. The molecule has 1 rings (SSSR count). The van der Waals surface area contributed by atoms with Crippen molar-refractivity contribution in [1.82, 2.24) is 0 Å². The number of allylic oxidation sites excluding steroid dienone is 1. The van der Waals surface area contributed by atoms with Crippen LogP contribution in [-0.2, 0) is 4.74 Å². The molecule has 0 bridgehead atoms. The summed E-state index contributed by atoms with van der Waals surface area (Å²) in [6.07, 6.45) is 4.78. The number of carbonyl (C=O) groups excluding carboxylic acids is 1. The second kappa shape index (κ2) is 5.97. The summed E-state index contributed by atoms with van der Waals surface area (Å²) in [5.41, 5.74) is 0.595. The van der Waals surface area contributed by atoms with Crippen LogP contribution in [0.25, 0.3) is 0 Å². The Labute approximate surface area is 84.2 Å². The van der Waals surface area contributed by atoms with E-state index in [4.69, 9.17) is 4.74 Å². The minimum absolute atomic E-state index is 0.272. The van der Waals surface area contributed by atoms with E-state index in [0.717, 1.165) is 6.42 Å². The highest BCUT2D eigenvalue weighted by molar-refractivity contribution is 5.89. The summed E-state index contributed by atoms with van der Waals surface area (Å²) < 4.78 is 5.00. The molecule has 0 amide bonds. The molecule has 14 heavy (non-hydrogen) atoms. The highest BCUT2D eigenvalue weighted by atomic mass is 16.5. The van der Waals surface area contributed by atoms with Crippen molar-refractivity contribution in [3.63, 3.8) is 0 Å². The molecule has 0 atom stereocenters. The van der Waals surface area contributed by atoms with Crippen LogP contribution >= 0.6 is 0 Å². The van der Waals surface area contributed by atoms with Gasteiger partial charge in [-0.1, -0.05) is 37.3 Å². The van der Waals surface area contributed by atoms with E-state index in [1.807, 2.05) is 37.3 Å². The predicted molar refractivity (Wildman–Crippen MR) is 56.2 cm³/mol. The van der Waals surface area contributed by atoms with Gasteiger partial charge in [0.05, 0.1) is 5.56 Å². The van der Waals surface area contributed by atoms with Crippen LogP contribution < -0.4 is 0 Å². The van der Waals surface area contributed by atoms with Crippen molar-refractivity contribution >= 4 is 5.97 Å². The maximum absolute atomic E-state index is 11.4. The van der Waals surface area contributed by atoms with E-state index in [-0.39, 0.29) is 5.97 Å². The lowest BCUT2D eigenvalue weighted by Gasteiger charge is -2.00. The van der Waals surface area contributed by atoms with Crippen molar-refractivity contribution in [2.24, 2.45) is 0 Å². The average Bonchev–Trinajstić information content (AvgIpc) is 2.25. The lowest BCUT2D eigenvalue weighted by atomic mass is 10.2. The molecule has 0 saturated heterocycles. The summed E-state index contributed by atoms with van der Waals surface area (Å²) in [4.78, 5) is 11.4. The third kappa shape index (κ3) is 3.44. The second-order valence-electron chi connectivity index (χ2n) is 2.84. The Hall–Kier alpha value is -1.57. The predicted octanol–water partition coefficient (Wildman–Crippen LogP) is 2.81. The molecule has 0 spiro atoms. The van der Waals surface area contributed by atoms with Crippen LogP contribution in [0.3, 0.4) is 0 Å². The number of rotatable bonds is 4. The minimum atomic E-state index is -0.272. The summed E-state index contributed by atoms with van der Waals surface area (Å²) in [7, 11) is 0. The normalized spacial score (nSPS) is 10.4. The van der Waals surface area contributed by atoms with E-state index in [0.29, 0.717) is 12.2 Å². The lowest BCUT2D eigenvalue weighted by Crippen LogP contribution is -2.04. The molecule has 2 nitrogen and oxygen atoms in total.